The first-order valence-electron chi connectivity index (χ1n) is 12.9. The highest BCUT2D eigenvalue weighted by molar-refractivity contribution is 7.12. The van der Waals surface area contributed by atoms with Gasteiger partial charge in [-0.2, -0.15) is 5.10 Å². The Morgan fingerprint density at radius 2 is 1.58 bits per heavy atom. The number of hydrogen-bond donors (Lipinski definition) is 0. The number of carbonyl (C=O) groups is 1. The van der Waals surface area contributed by atoms with Crippen LogP contribution < -0.4 is 9.70 Å². The van der Waals surface area contributed by atoms with E-state index in [1.165, 1.54) is 31.4 Å². The molecule has 4 rings (SSSR count). The van der Waals surface area contributed by atoms with Crippen LogP contribution in [-0.4, -0.2) is 53.3 Å². The molecule has 194 valence electrons. The number of carbonyl (C=O) groups excluding carboxylic acids is 1. The van der Waals surface area contributed by atoms with Crippen molar-refractivity contribution in [1.29, 1.82) is 0 Å². The third-order valence-corrected chi connectivity index (χ3v) is 7.11. The Kier molecular flexibility index (Phi) is 10.7. The second kappa shape index (κ2) is 13.9. The molecule has 8 heteroatoms. The lowest BCUT2D eigenvalue weighted by molar-refractivity contribution is 0.0747. The Hall–Kier alpha value is -3.00. The monoisotopic (exact) mass is 511 g/mol. The van der Waals surface area contributed by atoms with Crippen molar-refractivity contribution < 1.29 is 9.18 Å². The van der Waals surface area contributed by atoms with E-state index in [4.69, 9.17) is 0 Å². The minimum Gasteiger partial charge on any atom is -0.368 e. The Bertz CT molecular complexity index is 1140. The fraction of sp³-hybridized carbons (Fsp3) is 0.464. The SMILES string of the molecule is CCCCC.CCCN=c1sc(-c2ccc(C(=O)N3CCN(c4ccc(F)cc4)CC3)cc2)nn1C. The molecule has 1 aromatic heterocycles. The van der Waals surface area contributed by atoms with Crippen LogP contribution in [0.5, 0.6) is 0 Å². The van der Waals surface area contributed by atoms with E-state index in [0.717, 1.165) is 47.1 Å². The van der Waals surface area contributed by atoms with Crippen molar-refractivity contribution in [2.45, 2.75) is 46.5 Å². The van der Waals surface area contributed by atoms with Crippen LogP contribution in [0.1, 0.15) is 56.8 Å². The molecule has 1 aliphatic rings. The summed E-state index contributed by atoms with van der Waals surface area (Å²) < 4.78 is 14.9. The van der Waals surface area contributed by atoms with Gasteiger partial charge >= 0.3 is 0 Å². The van der Waals surface area contributed by atoms with Crippen LogP contribution in [0.2, 0.25) is 0 Å². The largest absolute Gasteiger partial charge is 0.368 e. The molecule has 1 amide bonds. The van der Waals surface area contributed by atoms with Gasteiger partial charge in [-0.25, -0.2) is 9.07 Å². The van der Waals surface area contributed by atoms with Gasteiger partial charge in [0, 0.05) is 56.6 Å². The van der Waals surface area contributed by atoms with Crippen LogP contribution in [0.4, 0.5) is 10.1 Å². The smallest absolute Gasteiger partial charge is 0.253 e. The van der Waals surface area contributed by atoms with E-state index in [1.54, 1.807) is 28.2 Å². The lowest BCUT2D eigenvalue weighted by Gasteiger charge is -2.36. The molecule has 3 aromatic rings. The molecule has 0 spiro atoms. The molecular formula is C28H38FN5OS. The number of aromatic nitrogens is 2. The Labute approximate surface area is 218 Å². The quantitative estimate of drug-likeness (QED) is 0.405. The molecule has 36 heavy (non-hydrogen) atoms. The van der Waals surface area contributed by atoms with Crippen molar-refractivity contribution in [1.82, 2.24) is 14.7 Å². The molecule has 0 N–H and O–H groups in total. The van der Waals surface area contributed by atoms with E-state index < -0.39 is 0 Å². The van der Waals surface area contributed by atoms with E-state index in [9.17, 15) is 9.18 Å². The van der Waals surface area contributed by atoms with Crippen LogP contribution in [0.15, 0.2) is 53.5 Å². The lowest BCUT2D eigenvalue weighted by atomic mass is 10.1. The molecule has 1 saturated heterocycles. The summed E-state index contributed by atoms with van der Waals surface area (Å²) in [6, 6.07) is 14.1. The van der Waals surface area contributed by atoms with E-state index in [-0.39, 0.29) is 11.7 Å². The molecule has 6 nitrogen and oxygen atoms in total. The highest BCUT2D eigenvalue weighted by Gasteiger charge is 2.22. The van der Waals surface area contributed by atoms with Gasteiger partial charge < -0.3 is 9.80 Å². The summed E-state index contributed by atoms with van der Waals surface area (Å²) in [4.78, 5) is 22.4. The minimum absolute atomic E-state index is 0.0358. The van der Waals surface area contributed by atoms with Crippen molar-refractivity contribution in [3.8, 4) is 10.6 Å². The van der Waals surface area contributed by atoms with Crippen molar-refractivity contribution in [3.63, 3.8) is 0 Å². The summed E-state index contributed by atoms with van der Waals surface area (Å²) in [7, 11) is 1.90. The number of hydrogen-bond acceptors (Lipinski definition) is 5. The number of nitrogens with zero attached hydrogens (tertiary/aromatic N) is 5. The maximum absolute atomic E-state index is 13.1. The second-order valence-corrected chi connectivity index (χ2v) is 9.84. The van der Waals surface area contributed by atoms with Crippen LogP contribution in [0.3, 0.4) is 0 Å². The summed E-state index contributed by atoms with van der Waals surface area (Å²) in [5.74, 6) is -0.201. The van der Waals surface area contributed by atoms with Crippen LogP contribution in [-0.2, 0) is 7.05 Å². The predicted octanol–water partition coefficient (Wildman–Crippen LogP) is 5.76. The summed E-state index contributed by atoms with van der Waals surface area (Å²) in [6.45, 7) is 10.1. The molecule has 1 fully saturated rings. The zero-order chi connectivity index (χ0) is 25.9. The highest BCUT2D eigenvalue weighted by Crippen LogP contribution is 2.21. The summed E-state index contributed by atoms with van der Waals surface area (Å²) in [5.41, 5.74) is 2.64. The zero-order valence-corrected chi connectivity index (χ0v) is 22.7. The molecule has 1 aliphatic heterocycles. The van der Waals surface area contributed by atoms with Gasteiger partial charge in [0.15, 0.2) is 0 Å². The molecule has 0 bridgehead atoms. The average molecular weight is 512 g/mol. The summed E-state index contributed by atoms with van der Waals surface area (Å²) in [5, 5.41) is 5.45. The second-order valence-electron chi connectivity index (χ2n) is 8.88. The van der Waals surface area contributed by atoms with Gasteiger partial charge in [0.05, 0.1) is 0 Å². The number of rotatable bonds is 7. The molecule has 0 unspecified atom stereocenters. The van der Waals surface area contributed by atoms with Gasteiger partial charge in [-0.3, -0.25) is 9.79 Å². The maximum Gasteiger partial charge on any atom is 0.253 e. The van der Waals surface area contributed by atoms with Gasteiger partial charge in [0.25, 0.3) is 5.91 Å². The Morgan fingerprint density at radius 1 is 0.944 bits per heavy atom. The van der Waals surface area contributed by atoms with Crippen molar-refractivity contribution >= 4 is 22.9 Å². The molecule has 0 atom stereocenters. The van der Waals surface area contributed by atoms with E-state index in [2.05, 4.69) is 35.8 Å². The van der Waals surface area contributed by atoms with E-state index in [0.29, 0.717) is 18.7 Å². The molecular weight excluding hydrogens is 473 g/mol. The Balaban J connectivity index is 0.000000658. The fourth-order valence-corrected chi connectivity index (χ4v) is 4.84. The molecule has 0 radical (unpaired) electrons. The lowest BCUT2D eigenvalue weighted by Crippen LogP contribution is -2.48. The maximum atomic E-state index is 13.1. The van der Waals surface area contributed by atoms with Crippen LogP contribution in [0.25, 0.3) is 10.6 Å². The van der Waals surface area contributed by atoms with Crippen molar-refractivity contribution in [3.05, 3.63) is 64.7 Å². The number of anilines is 1. The number of aryl methyl sites for hydroxylation is 1. The first-order chi connectivity index (χ1) is 17.5. The molecule has 0 aliphatic carbocycles. The number of benzene rings is 2. The number of amides is 1. The Morgan fingerprint density at radius 3 is 2.14 bits per heavy atom. The van der Waals surface area contributed by atoms with Crippen molar-refractivity contribution in [2.24, 2.45) is 12.0 Å². The van der Waals surface area contributed by atoms with Crippen LogP contribution >= 0.6 is 11.3 Å². The molecule has 2 heterocycles. The zero-order valence-electron chi connectivity index (χ0n) is 21.9. The first-order valence-corrected chi connectivity index (χ1v) is 13.7. The molecule has 2 aromatic carbocycles. The number of halogens is 1. The van der Waals surface area contributed by atoms with E-state index >= 15 is 0 Å². The molecule has 0 saturated carbocycles. The highest BCUT2D eigenvalue weighted by atomic mass is 32.1. The average Bonchev–Trinajstić information content (AvgIpc) is 3.29. The summed E-state index contributed by atoms with van der Waals surface area (Å²) >= 11 is 1.55. The topological polar surface area (TPSA) is 53.7 Å². The first kappa shape index (κ1) is 27.6. The van der Waals surface area contributed by atoms with Gasteiger partial charge in [-0.1, -0.05) is 63.5 Å². The number of unbranched alkanes of at least 4 members (excludes halogenated alkanes) is 2. The third kappa shape index (κ3) is 7.50. The van der Waals surface area contributed by atoms with Gasteiger partial charge in [-0.05, 0) is 42.8 Å². The normalized spacial score (nSPS) is 14.0. The standard InChI is InChI=1S/C23H26FN5OS.C5H12/c1-3-12-25-23-27(2)26-21(31-23)17-4-6-18(7-5-17)22(30)29-15-13-28(14-16-29)20-10-8-19(24)9-11-20;1-3-5-4-2/h4-11H,3,12-16H2,1-2H3;3-5H2,1-2H3. The summed E-state index contributed by atoms with van der Waals surface area (Å²) in [6.07, 6.45) is 5.08. The van der Waals surface area contributed by atoms with Crippen molar-refractivity contribution in [2.75, 3.05) is 37.6 Å². The van der Waals surface area contributed by atoms with Gasteiger partial charge in [0.1, 0.15) is 10.8 Å². The van der Waals surface area contributed by atoms with E-state index in [1.807, 2.05) is 36.2 Å². The number of piperazine rings is 1. The van der Waals surface area contributed by atoms with Crippen LogP contribution in [0, 0.1) is 5.82 Å². The predicted molar refractivity (Wildman–Crippen MR) is 147 cm³/mol. The fourth-order valence-electron chi connectivity index (χ4n) is 3.92. The van der Waals surface area contributed by atoms with Gasteiger partial charge in [0.2, 0.25) is 4.80 Å². The third-order valence-electron chi connectivity index (χ3n) is 6.02. The minimum atomic E-state index is -0.237. The van der Waals surface area contributed by atoms with Gasteiger partial charge in [-0.15, -0.1) is 0 Å².